The number of hydrogen-bond acceptors (Lipinski definition) is 4. The molecule has 0 atom stereocenters. The van der Waals surface area contributed by atoms with E-state index >= 15 is 0 Å². The number of benzene rings is 2. The van der Waals surface area contributed by atoms with Gasteiger partial charge in [-0.1, -0.05) is 24.3 Å². The Kier molecular flexibility index (Phi) is 5.22. The lowest BCUT2D eigenvalue weighted by molar-refractivity contribution is 0.0693. The molecule has 5 heteroatoms. The largest absolute Gasteiger partial charge is 0.496 e. The van der Waals surface area contributed by atoms with E-state index in [1.54, 1.807) is 30.3 Å². The second kappa shape index (κ2) is 6.90. The van der Waals surface area contributed by atoms with Gasteiger partial charge in [-0.15, -0.1) is 0 Å². The van der Waals surface area contributed by atoms with Gasteiger partial charge in [0, 0.05) is 0 Å². The van der Waals surface area contributed by atoms with Crippen LogP contribution in [0.4, 0.5) is 11.4 Å². The Bertz CT molecular complexity index is 535. The maximum absolute atomic E-state index is 10.5. The molecule has 0 bridgehead atoms. The Morgan fingerprint density at radius 1 is 1.00 bits per heavy atom. The van der Waals surface area contributed by atoms with Gasteiger partial charge in [-0.3, -0.25) is 0 Å². The van der Waals surface area contributed by atoms with Gasteiger partial charge in [0.2, 0.25) is 0 Å². The SMILES string of the molecule is COc1ccccc1C(=O)O.Nc1ccccc1N. The van der Waals surface area contributed by atoms with Crippen LogP contribution in [0.1, 0.15) is 10.4 Å². The van der Waals surface area contributed by atoms with Gasteiger partial charge in [0.15, 0.2) is 0 Å². The van der Waals surface area contributed by atoms with E-state index in [2.05, 4.69) is 0 Å². The first-order valence-corrected chi connectivity index (χ1v) is 5.52. The molecular formula is C14H16N2O3. The number of carbonyl (C=O) groups is 1. The van der Waals surface area contributed by atoms with Crippen molar-refractivity contribution in [2.75, 3.05) is 18.6 Å². The zero-order chi connectivity index (χ0) is 14.3. The lowest BCUT2D eigenvalue weighted by Crippen LogP contribution is -1.99. The van der Waals surface area contributed by atoms with Gasteiger partial charge in [0.1, 0.15) is 11.3 Å². The van der Waals surface area contributed by atoms with Gasteiger partial charge >= 0.3 is 5.97 Å². The molecular weight excluding hydrogens is 244 g/mol. The maximum atomic E-state index is 10.5. The highest BCUT2D eigenvalue weighted by Gasteiger charge is 2.07. The van der Waals surface area contributed by atoms with Gasteiger partial charge < -0.3 is 21.3 Å². The Labute approximate surface area is 111 Å². The van der Waals surface area contributed by atoms with E-state index in [0.717, 1.165) is 0 Å². The normalized spacial score (nSPS) is 9.11. The average Bonchev–Trinajstić information content (AvgIpc) is 2.42. The molecule has 0 spiro atoms. The Hall–Kier alpha value is -2.69. The third-order valence-electron chi connectivity index (χ3n) is 2.33. The number of methoxy groups -OCH3 is 1. The van der Waals surface area contributed by atoms with Crippen molar-refractivity contribution < 1.29 is 14.6 Å². The van der Waals surface area contributed by atoms with Gasteiger partial charge in [0.05, 0.1) is 18.5 Å². The third-order valence-corrected chi connectivity index (χ3v) is 2.33. The molecule has 0 heterocycles. The second-order valence-corrected chi connectivity index (χ2v) is 3.63. The molecule has 0 aliphatic heterocycles. The minimum atomic E-state index is -0.970. The second-order valence-electron chi connectivity index (χ2n) is 3.63. The van der Waals surface area contributed by atoms with Crippen LogP contribution >= 0.6 is 0 Å². The topological polar surface area (TPSA) is 98.6 Å². The highest BCUT2D eigenvalue weighted by atomic mass is 16.5. The highest BCUT2D eigenvalue weighted by molar-refractivity contribution is 5.90. The summed E-state index contributed by atoms with van der Waals surface area (Å²) in [5, 5.41) is 8.62. The number of hydrogen-bond donors (Lipinski definition) is 3. The summed E-state index contributed by atoms with van der Waals surface area (Å²) in [7, 11) is 1.45. The van der Waals surface area contributed by atoms with Crippen LogP contribution in [-0.4, -0.2) is 18.2 Å². The Morgan fingerprint density at radius 2 is 1.47 bits per heavy atom. The predicted octanol–water partition coefficient (Wildman–Crippen LogP) is 2.24. The fourth-order valence-electron chi connectivity index (χ4n) is 1.33. The fourth-order valence-corrected chi connectivity index (χ4v) is 1.33. The molecule has 2 rings (SSSR count). The quantitative estimate of drug-likeness (QED) is 0.719. The van der Waals surface area contributed by atoms with Crippen LogP contribution in [0.25, 0.3) is 0 Å². The molecule has 0 fully saturated rings. The molecule has 2 aromatic rings. The minimum absolute atomic E-state index is 0.190. The monoisotopic (exact) mass is 260 g/mol. The number of nitrogen functional groups attached to an aromatic ring is 2. The highest BCUT2D eigenvalue weighted by Crippen LogP contribution is 2.16. The molecule has 19 heavy (non-hydrogen) atoms. The van der Waals surface area contributed by atoms with E-state index in [9.17, 15) is 4.79 Å². The molecule has 0 aliphatic carbocycles. The molecule has 2 aromatic carbocycles. The number of aromatic carboxylic acids is 1. The van der Waals surface area contributed by atoms with Crippen molar-refractivity contribution in [3.05, 3.63) is 54.1 Å². The number of carboxylic acids is 1. The summed E-state index contributed by atoms with van der Waals surface area (Å²) >= 11 is 0. The van der Waals surface area contributed by atoms with Crippen molar-refractivity contribution in [2.24, 2.45) is 0 Å². The number of anilines is 2. The molecule has 0 aromatic heterocycles. The van der Waals surface area contributed by atoms with Crippen molar-refractivity contribution >= 4 is 17.3 Å². The van der Waals surface area contributed by atoms with E-state index in [0.29, 0.717) is 17.1 Å². The summed E-state index contributed by atoms with van der Waals surface area (Å²) in [6, 6.07) is 13.8. The lowest BCUT2D eigenvalue weighted by Gasteiger charge is -2.01. The van der Waals surface area contributed by atoms with Crippen LogP contribution in [-0.2, 0) is 0 Å². The molecule has 0 saturated carbocycles. The van der Waals surface area contributed by atoms with Crippen molar-refractivity contribution in [2.45, 2.75) is 0 Å². The van der Waals surface area contributed by atoms with Gasteiger partial charge in [0.25, 0.3) is 0 Å². The molecule has 0 radical (unpaired) electrons. The number of para-hydroxylation sites is 3. The third kappa shape index (κ3) is 4.23. The van der Waals surface area contributed by atoms with Crippen LogP contribution < -0.4 is 16.2 Å². The van der Waals surface area contributed by atoms with Gasteiger partial charge in [-0.2, -0.15) is 0 Å². The molecule has 0 amide bonds. The van der Waals surface area contributed by atoms with E-state index in [1.165, 1.54) is 13.2 Å². The molecule has 100 valence electrons. The number of ether oxygens (including phenoxy) is 1. The number of rotatable bonds is 2. The number of carboxylic acid groups (broad SMARTS) is 1. The van der Waals surface area contributed by atoms with Crippen LogP contribution in [0.15, 0.2) is 48.5 Å². The summed E-state index contributed by atoms with van der Waals surface area (Å²) in [5.41, 5.74) is 12.3. The maximum Gasteiger partial charge on any atom is 0.339 e. The molecule has 0 aliphatic rings. The van der Waals surface area contributed by atoms with Crippen molar-refractivity contribution in [1.82, 2.24) is 0 Å². The summed E-state index contributed by atoms with van der Waals surface area (Å²) in [6.45, 7) is 0. The molecule has 0 unspecified atom stereocenters. The summed E-state index contributed by atoms with van der Waals surface area (Å²) < 4.78 is 4.83. The Morgan fingerprint density at radius 3 is 1.84 bits per heavy atom. The summed E-state index contributed by atoms with van der Waals surface area (Å²) in [4.78, 5) is 10.5. The Balaban J connectivity index is 0.000000200. The standard InChI is InChI=1S/C8H8O3.C6H8N2/c1-11-7-5-3-2-4-6(7)8(9)10;7-5-3-1-2-4-6(5)8/h2-5H,1H3,(H,9,10);1-4H,7-8H2. The first-order chi connectivity index (χ1) is 9.06. The van der Waals surface area contributed by atoms with Gasteiger partial charge in [-0.05, 0) is 24.3 Å². The van der Waals surface area contributed by atoms with Crippen LogP contribution in [0, 0.1) is 0 Å². The van der Waals surface area contributed by atoms with Crippen molar-refractivity contribution in [3.63, 3.8) is 0 Å². The summed E-state index contributed by atoms with van der Waals surface area (Å²) in [6.07, 6.45) is 0. The predicted molar refractivity (Wildman–Crippen MR) is 75.2 cm³/mol. The van der Waals surface area contributed by atoms with E-state index in [-0.39, 0.29) is 5.56 Å². The first kappa shape index (κ1) is 14.4. The van der Waals surface area contributed by atoms with Crippen LogP contribution in [0.2, 0.25) is 0 Å². The molecule has 5 nitrogen and oxygen atoms in total. The van der Waals surface area contributed by atoms with E-state index in [4.69, 9.17) is 21.3 Å². The minimum Gasteiger partial charge on any atom is -0.496 e. The van der Waals surface area contributed by atoms with E-state index in [1.807, 2.05) is 12.1 Å². The van der Waals surface area contributed by atoms with Crippen molar-refractivity contribution in [1.29, 1.82) is 0 Å². The van der Waals surface area contributed by atoms with Crippen molar-refractivity contribution in [3.8, 4) is 5.75 Å². The average molecular weight is 260 g/mol. The zero-order valence-electron chi connectivity index (χ0n) is 10.5. The molecule has 5 N–H and O–H groups in total. The summed E-state index contributed by atoms with van der Waals surface area (Å²) in [5.74, 6) is -0.581. The molecule has 0 saturated heterocycles. The fraction of sp³-hybridized carbons (Fsp3) is 0.0714. The smallest absolute Gasteiger partial charge is 0.339 e. The van der Waals surface area contributed by atoms with Crippen LogP contribution in [0.3, 0.4) is 0 Å². The number of nitrogens with two attached hydrogens (primary N) is 2. The zero-order valence-corrected chi connectivity index (χ0v) is 10.5. The first-order valence-electron chi connectivity index (χ1n) is 5.52. The van der Waals surface area contributed by atoms with Crippen LogP contribution in [0.5, 0.6) is 5.75 Å². The van der Waals surface area contributed by atoms with Gasteiger partial charge in [-0.25, -0.2) is 4.79 Å². The lowest BCUT2D eigenvalue weighted by atomic mass is 10.2. The van der Waals surface area contributed by atoms with E-state index < -0.39 is 5.97 Å².